The van der Waals surface area contributed by atoms with Gasteiger partial charge in [0.1, 0.15) is 6.61 Å². The number of nitrogens with one attached hydrogen (secondary N) is 1. The molecule has 0 saturated carbocycles. The van der Waals surface area contributed by atoms with Crippen molar-refractivity contribution in [2.24, 2.45) is 0 Å². The summed E-state index contributed by atoms with van der Waals surface area (Å²) in [6, 6.07) is 16.4. The van der Waals surface area contributed by atoms with Crippen LogP contribution in [0.1, 0.15) is 18.5 Å². The van der Waals surface area contributed by atoms with E-state index in [0.717, 1.165) is 36.3 Å². The van der Waals surface area contributed by atoms with Gasteiger partial charge in [0.2, 0.25) is 5.91 Å². The first-order chi connectivity index (χ1) is 16.6. The third-order valence-corrected chi connectivity index (χ3v) is 6.40. The molecule has 34 heavy (non-hydrogen) atoms. The number of halogens is 1. The number of hydrogen-bond donors (Lipinski definition) is 1. The number of ether oxygens (including phenoxy) is 1. The van der Waals surface area contributed by atoms with Crippen LogP contribution in [-0.2, 0) is 20.9 Å². The fraction of sp³-hybridized carbons (Fsp3) is 0.320. The number of likely N-dealkylation sites (tertiary alicyclic amines) is 1. The molecule has 3 heterocycles. The van der Waals surface area contributed by atoms with Crippen LogP contribution >= 0.6 is 11.6 Å². The predicted octanol–water partition coefficient (Wildman–Crippen LogP) is 3.96. The van der Waals surface area contributed by atoms with Gasteiger partial charge in [0.15, 0.2) is 5.76 Å². The summed E-state index contributed by atoms with van der Waals surface area (Å²) in [4.78, 5) is 28.9. The summed E-state index contributed by atoms with van der Waals surface area (Å²) in [6.45, 7) is 2.51. The number of amides is 2. The number of morpholine rings is 1. The van der Waals surface area contributed by atoms with Crippen LogP contribution < -0.4 is 10.2 Å². The summed E-state index contributed by atoms with van der Waals surface area (Å²) in [6.07, 6.45) is 1.73. The summed E-state index contributed by atoms with van der Waals surface area (Å²) in [5, 5.41) is 7.87. The summed E-state index contributed by atoms with van der Waals surface area (Å²) < 4.78 is 10.7. The second kappa shape index (κ2) is 9.97. The standard InChI is InChI=1S/C25H25ClN4O4/c26-18-5-3-17(4-6-18)23-14-20(28-34-23)15-29-11-1-2-22(29)25(32)27-19-7-9-21(10-8-19)30-12-13-33-16-24(30)31/h3-10,14,22H,1-2,11-13,15-16H2,(H,27,32)/t22-/m1/s1. The molecule has 1 atom stereocenters. The van der Waals surface area contributed by atoms with Crippen molar-refractivity contribution < 1.29 is 18.8 Å². The van der Waals surface area contributed by atoms with Gasteiger partial charge in [-0.05, 0) is 67.9 Å². The predicted molar refractivity (Wildman–Crippen MR) is 129 cm³/mol. The minimum absolute atomic E-state index is 0.0471. The Kier molecular flexibility index (Phi) is 6.62. The quantitative estimate of drug-likeness (QED) is 0.574. The summed E-state index contributed by atoms with van der Waals surface area (Å²) >= 11 is 5.96. The molecular weight excluding hydrogens is 456 g/mol. The smallest absolute Gasteiger partial charge is 0.253 e. The average Bonchev–Trinajstić information content (AvgIpc) is 3.51. The maximum atomic E-state index is 13.0. The molecule has 0 spiro atoms. The lowest BCUT2D eigenvalue weighted by molar-refractivity contribution is -0.125. The van der Waals surface area contributed by atoms with E-state index in [4.69, 9.17) is 20.9 Å². The number of aromatic nitrogens is 1. The Morgan fingerprint density at radius 1 is 1.12 bits per heavy atom. The molecule has 2 aromatic carbocycles. The van der Waals surface area contributed by atoms with Gasteiger partial charge in [-0.15, -0.1) is 0 Å². The highest BCUT2D eigenvalue weighted by atomic mass is 35.5. The van der Waals surface area contributed by atoms with E-state index in [1.54, 1.807) is 4.90 Å². The zero-order valence-corrected chi connectivity index (χ0v) is 19.3. The molecule has 1 aromatic heterocycles. The minimum atomic E-state index is -0.240. The van der Waals surface area contributed by atoms with E-state index in [0.29, 0.717) is 36.2 Å². The van der Waals surface area contributed by atoms with Crippen LogP contribution in [0, 0.1) is 0 Å². The van der Waals surface area contributed by atoms with Crippen LogP contribution in [0.5, 0.6) is 0 Å². The van der Waals surface area contributed by atoms with Crippen molar-refractivity contribution in [1.82, 2.24) is 10.1 Å². The van der Waals surface area contributed by atoms with Crippen molar-refractivity contribution in [3.63, 3.8) is 0 Å². The van der Waals surface area contributed by atoms with E-state index in [1.165, 1.54) is 0 Å². The molecule has 5 rings (SSSR count). The van der Waals surface area contributed by atoms with E-state index in [1.807, 2.05) is 54.6 Å². The number of hydrogen-bond acceptors (Lipinski definition) is 6. The zero-order valence-electron chi connectivity index (χ0n) is 18.6. The van der Waals surface area contributed by atoms with Crippen molar-refractivity contribution in [3.8, 4) is 11.3 Å². The van der Waals surface area contributed by atoms with Crippen LogP contribution in [0.4, 0.5) is 11.4 Å². The van der Waals surface area contributed by atoms with Crippen molar-refractivity contribution in [2.75, 3.05) is 36.5 Å². The average molecular weight is 481 g/mol. The Hall–Kier alpha value is -3.20. The monoisotopic (exact) mass is 480 g/mol. The number of benzene rings is 2. The van der Waals surface area contributed by atoms with Crippen LogP contribution in [0.2, 0.25) is 5.02 Å². The molecular formula is C25H25ClN4O4. The third-order valence-electron chi connectivity index (χ3n) is 6.15. The van der Waals surface area contributed by atoms with Crippen molar-refractivity contribution in [2.45, 2.75) is 25.4 Å². The van der Waals surface area contributed by atoms with Gasteiger partial charge in [-0.1, -0.05) is 16.8 Å². The molecule has 2 amide bonds. The van der Waals surface area contributed by atoms with Gasteiger partial charge in [-0.3, -0.25) is 14.5 Å². The molecule has 2 aliphatic heterocycles. The second-order valence-corrected chi connectivity index (χ2v) is 8.89. The highest BCUT2D eigenvalue weighted by Gasteiger charge is 2.31. The summed E-state index contributed by atoms with van der Waals surface area (Å²) in [5.74, 6) is 0.566. The number of carbonyl (C=O) groups is 2. The molecule has 8 nitrogen and oxygen atoms in total. The maximum absolute atomic E-state index is 13.0. The molecule has 1 N–H and O–H groups in total. The van der Waals surface area contributed by atoms with E-state index < -0.39 is 0 Å². The lowest BCUT2D eigenvalue weighted by atomic mass is 10.1. The molecule has 0 radical (unpaired) electrons. The van der Waals surface area contributed by atoms with Crippen molar-refractivity contribution in [1.29, 1.82) is 0 Å². The molecule has 2 fully saturated rings. The first-order valence-corrected chi connectivity index (χ1v) is 11.7. The van der Waals surface area contributed by atoms with Crippen LogP contribution in [-0.4, -0.2) is 54.2 Å². The fourth-order valence-electron chi connectivity index (χ4n) is 4.40. The summed E-state index contributed by atoms with van der Waals surface area (Å²) in [5.41, 5.74) is 3.19. The highest BCUT2D eigenvalue weighted by molar-refractivity contribution is 6.30. The molecule has 0 unspecified atom stereocenters. The Balaban J connectivity index is 1.20. The molecule has 2 aliphatic rings. The van der Waals surface area contributed by atoms with Gasteiger partial charge in [0.25, 0.3) is 5.91 Å². The molecule has 0 aliphatic carbocycles. The zero-order chi connectivity index (χ0) is 23.5. The van der Waals surface area contributed by atoms with Crippen LogP contribution in [0.25, 0.3) is 11.3 Å². The Morgan fingerprint density at radius 2 is 1.91 bits per heavy atom. The van der Waals surface area contributed by atoms with Gasteiger partial charge in [0.05, 0.1) is 18.3 Å². The number of nitrogens with zero attached hydrogens (tertiary/aromatic N) is 3. The van der Waals surface area contributed by atoms with E-state index >= 15 is 0 Å². The Bertz CT molecular complexity index is 1160. The third kappa shape index (κ3) is 4.99. The van der Waals surface area contributed by atoms with Gasteiger partial charge in [-0.25, -0.2) is 0 Å². The highest BCUT2D eigenvalue weighted by Crippen LogP contribution is 2.26. The molecule has 2 saturated heterocycles. The SMILES string of the molecule is O=C(Nc1ccc(N2CCOCC2=O)cc1)[C@H]1CCCN1Cc1cc(-c2ccc(Cl)cc2)on1. The number of anilines is 2. The topological polar surface area (TPSA) is 87.9 Å². The van der Waals surface area contributed by atoms with Gasteiger partial charge in [0, 0.05) is 41.1 Å². The lowest BCUT2D eigenvalue weighted by Gasteiger charge is -2.27. The fourth-order valence-corrected chi connectivity index (χ4v) is 4.52. The van der Waals surface area contributed by atoms with E-state index in [-0.39, 0.29) is 24.5 Å². The van der Waals surface area contributed by atoms with Crippen LogP contribution in [0.3, 0.4) is 0 Å². The van der Waals surface area contributed by atoms with Gasteiger partial charge < -0.3 is 19.5 Å². The molecule has 0 bridgehead atoms. The first-order valence-electron chi connectivity index (χ1n) is 11.3. The Labute approximate surface area is 202 Å². The van der Waals surface area contributed by atoms with E-state index in [2.05, 4.69) is 15.4 Å². The van der Waals surface area contributed by atoms with Gasteiger partial charge in [-0.2, -0.15) is 0 Å². The van der Waals surface area contributed by atoms with E-state index in [9.17, 15) is 9.59 Å². The minimum Gasteiger partial charge on any atom is -0.370 e. The first kappa shape index (κ1) is 22.6. The molecule has 176 valence electrons. The second-order valence-electron chi connectivity index (χ2n) is 8.45. The summed E-state index contributed by atoms with van der Waals surface area (Å²) in [7, 11) is 0. The molecule has 9 heteroatoms. The number of carbonyl (C=O) groups excluding carboxylic acids is 2. The largest absolute Gasteiger partial charge is 0.370 e. The van der Waals surface area contributed by atoms with Gasteiger partial charge >= 0.3 is 0 Å². The lowest BCUT2D eigenvalue weighted by Crippen LogP contribution is -2.41. The van der Waals surface area contributed by atoms with Crippen molar-refractivity contribution in [3.05, 3.63) is 65.3 Å². The maximum Gasteiger partial charge on any atom is 0.253 e. The normalized spacial score (nSPS) is 18.9. The molecule has 3 aromatic rings. The Morgan fingerprint density at radius 3 is 2.68 bits per heavy atom. The van der Waals surface area contributed by atoms with Crippen molar-refractivity contribution >= 4 is 34.8 Å². The van der Waals surface area contributed by atoms with Crippen LogP contribution in [0.15, 0.2) is 59.1 Å². The number of rotatable bonds is 6.